The third-order valence-corrected chi connectivity index (χ3v) is 4.42. The average Bonchev–Trinajstić information content (AvgIpc) is 3.05. The molecular weight excluding hydrogens is 304 g/mol. The van der Waals surface area contributed by atoms with E-state index in [2.05, 4.69) is 11.4 Å². The van der Waals surface area contributed by atoms with Gasteiger partial charge in [-0.1, -0.05) is 6.07 Å². The van der Waals surface area contributed by atoms with Crippen molar-refractivity contribution in [2.45, 2.75) is 10.9 Å². The van der Waals surface area contributed by atoms with E-state index < -0.39 is 6.04 Å². The summed E-state index contributed by atoms with van der Waals surface area (Å²) in [4.78, 5) is 12.9. The van der Waals surface area contributed by atoms with Crippen LogP contribution < -0.4 is 10.1 Å². The molecule has 0 unspecified atom stereocenters. The van der Waals surface area contributed by atoms with Crippen LogP contribution in [-0.4, -0.2) is 18.8 Å². The third-order valence-electron chi connectivity index (χ3n) is 2.72. The van der Waals surface area contributed by atoms with Gasteiger partial charge in [-0.3, -0.25) is 4.79 Å². The van der Waals surface area contributed by atoms with Crippen LogP contribution in [0.2, 0.25) is 0 Å². The van der Waals surface area contributed by atoms with Gasteiger partial charge in [-0.25, -0.2) is 0 Å². The fourth-order valence-corrected chi connectivity index (χ4v) is 3.11. The zero-order valence-corrected chi connectivity index (χ0v) is 13.0. The van der Waals surface area contributed by atoms with Crippen LogP contribution in [0.3, 0.4) is 0 Å². The molecule has 1 aromatic carbocycles. The van der Waals surface area contributed by atoms with Crippen molar-refractivity contribution in [3.8, 4) is 11.8 Å². The third kappa shape index (κ3) is 4.52. The van der Waals surface area contributed by atoms with E-state index in [1.54, 1.807) is 7.11 Å². The lowest BCUT2D eigenvalue weighted by atomic mass is 10.2. The van der Waals surface area contributed by atoms with Crippen molar-refractivity contribution in [1.29, 1.82) is 5.26 Å². The van der Waals surface area contributed by atoms with Crippen molar-refractivity contribution >= 4 is 29.0 Å². The van der Waals surface area contributed by atoms with E-state index in [1.165, 1.54) is 23.1 Å². The molecule has 2 aromatic rings. The normalized spacial score (nSPS) is 11.4. The van der Waals surface area contributed by atoms with Gasteiger partial charge in [-0.05, 0) is 40.6 Å². The smallest absolute Gasteiger partial charge is 0.231 e. The first-order valence-corrected chi connectivity index (χ1v) is 8.13. The highest BCUT2D eigenvalue weighted by atomic mass is 32.2. The Morgan fingerprint density at radius 1 is 1.52 bits per heavy atom. The number of amides is 1. The fraction of sp³-hybridized carbons (Fsp3) is 0.200. The monoisotopic (exact) mass is 318 g/mol. The second-order valence-corrected chi connectivity index (χ2v) is 5.98. The Morgan fingerprint density at radius 3 is 3.05 bits per heavy atom. The Bertz CT molecular complexity index is 635. The van der Waals surface area contributed by atoms with Crippen molar-refractivity contribution in [3.05, 3.63) is 46.7 Å². The molecule has 108 valence electrons. The van der Waals surface area contributed by atoms with Gasteiger partial charge < -0.3 is 10.1 Å². The summed E-state index contributed by atoms with van der Waals surface area (Å²) >= 11 is 2.91. The first-order chi connectivity index (χ1) is 10.2. The number of methoxy groups -OCH3 is 1. The molecule has 0 spiro atoms. The summed E-state index contributed by atoms with van der Waals surface area (Å²) in [5.41, 5.74) is 0.822. The molecule has 0 saturated carbocycles. The molecule has 1 aromatic heterocycles. The lowest BCUT2D eigenvalue weighted by Gasteiger charge is -2.10. The van der Waals surface area contributed by atoms with Gasteiger partial charge in [0.15, 0.2) is 0 Å². The zero-order chi connectivity index (χ0) is 15.1. The van der Waals surface area contributed by atoms with E-state index in [9.17, 15) is 4.79 Å². The molecule has 0 radical (unpaired) electrons. The SMILES string of the molecule is COc1cccc(SCC(=O)N[C@H](C#N)c2ccsc2)c1. The van der Waals surface area contributed by atoms with Gasteiger partial charge in [0.05, 0.1) is 18.9 Å². The largest absolute Gasteiger partial charge is 0.497 e. The number of ether oxygens (including phenoxy) is 1. The van der Waals surface area contributed by atoms with Crippen LogP contribution in [0.15, 0.2) is 46.0 Å². The van der Waals surface area contributed by atoms with E-state index in [0.717, 1.165) is 16.2 Å². The molecule has 2 rings (SSSR count). The summed E-state index contributed by atoms with van der Waals surface area (Å²) in [5, 5.41) is 15.6. The molecule has 1 heterocycles. The van der Waals surface area contributed by atoms with E-state index in [4.69, 9.17) is 10.00 Å². The summed E-state index contributed by atoms with van der Waals surface area (Å²) in [5.74, 6) is 0.851. The minimum Gasteiger partial charge on any atom is -0.497 e. The number of rotatable bonds is 6. The summed E-state index contributed by atoms with van der Waals surface area (Å²) in [6.45, 7) is 0. The molecule has 0 aliphatic heterocycles. The molecule has 0 fully saturated rings. The molecule has 21 heavy (non-hydrogen) atoms. The second kappa shape index (κ2) is 7.72. The van der Waals surface area contributed by atoms with Crippen molar-refractivity contribution in [1.82, 2.24) is 5.32 Å². The maximum Gasteiger partial charge on any atom is 0.231 e. The minimum atomic E-state index is -0.588. The van der Waals surface area contributed by atoms with E-state index in [-0.39, 0.29) is 11.7 Å². The van der Waals surface area contributed by atoms with Crippen molar-refractivity contribution in [2.75, 3.05) is 12.9 Å². The van der Waals surface area contributed by atoms with E-state index >= 15 is 0 Å². The number of nitrogens with zero attached hydrogens (tertiary/aromatic N) is 1. The van der Waals surface area contributed by atoms with Crippen molar-refractivity contribution < 1.29 is 9.53 Å². The highest BCUT2D eigenvalue weighted by Crippen LogP contribution is 2.23. The average molecular weight is 318 g/mol. The van der Waals surface area contributed by atoms with Crippen LogP contribution in [-0.2, 0) is 4.79 Å². The zero-order valence-electron chi connectivity index (χ0n) is 11.4. The quantitative estimate of drug-likeness (QED) is 0.831. The van der Waals surface area contributed by atoms with Crippen LogP contribution in [0.4, 0.5) is 0 Å². The Kier molecular flexibility index (Phi) is 5.67. The van der Waals surface area contributed by atoms with Crippen LogP contribution in [0.5, 0.6) is 5.75 Å². The number of carbonyl (C=O) groups excluding carboxylic acids is 1. The molecule has 1 amide bonds. The van der Waals surface area contributed by atoms with Gasteiger partial charge in [0, 0.05) is 4.90 Å². The second-order valence-electron chi connectivity index (χ2n) is 4.15. The maximum atomic E-state index is 11.9. The molecule has 0 aliphatic rings. The first-order valence-electron chi connectivity index (χ1n) is 6.21. The number of carbonyl (C=O) groups is 1. The molecule has 0 bridgehead atoms. The number of nitrogens with one attached hydrogen (secondary N) is 1. The van der Waals surface area contributed by atoms with Gasteiger partial charge in [0.25, 0.3) is 0 Å². The predicted octanol–water partition coefficient (Wildman–Crippen LogP) is 3.23. The highest BCUT2D eigenvalue weighted by molar-refractivity contribution is 8.00. The minimum absolute atomic E-state index is 0.166. The molecule has 1 N–H and O–H groups in total. The predicted molar refractivity (Wildman–Crippen MR) is 84.5 cm³/mol. The Labute approximate surface area is 131 Å². The number of thioether (sulfide) groups is 1. The molecule has 0 aliphatic carbocycles. The summed E-state index contributed by atoms with van der Waals surface area (Å²) < 4.78 is 5.14. The van der Waals surface area contributed by atoms with Crippen LogP contribution >= 0.6 is 23.1 Å². The van der Waals surface area contributed by atoms with Crippen LogP contribution in [0, 0.1) is 11.3 Å². The number of benzene rings is 1. The van der Waals surface area contributed by atoms with Gasteiger partial charge in [-0.15, -0.1) is 11.8 Å². The number of nitriles is 1. The standard InChI is InChI=1S/C15H14N2O2S2/c1-19-12-3-2-4-13(7-12)21-10-15(18)17-14(8-16)11-5-6-20-9-11/h2-7,9,14H,10H2,1H3,(H,17,18)/t14-/m1/s1. The van der Waals surface area contributed by atoms with Gasteiger partial charge >= 0.3 is 0 Å². The molecule has 0 saturated heterocycles. The molecule has 6 heteroatoms. The highest BCUT2D eigenvalue weighted by Gasteiger charge is 2.14. The van der Waals surface area contributed by atoms with Gasteiger partial charge in [0.1, 0.15) is 11.8 Å². The van der Waals surface area contributed by atoms with Gasteiger partial charge in [-0.2, -0.15) is 16.6 Å². The molecule has 1 atom stereocenters. The van der Waals surface area contributed by atoms with Crippen LogP contribution in [0.1, 0.15) is 11.6 Å². The Morgan fingerprint density at radius 2 is 2.38 bits per heavy atom. The number of hydrogen-bond donors (Lipinski definition) is 1. The molecular formula is C15H14N2O2S2. The Hall–Kier alpha value is -1.97. The fourth-order valence-electron chi connectivity index (χ4n) is 1.67. The Balaban J connectivity index is 1.88. The number of thiophene rings is 1. The van der Waals surface area contributed by atoms with Crippen molar-refractivity contribution in [3.63, 3.8) is 0 Å². The van der Waals surface area contributed by atoms with E-state index in [1.807, 2.05) is 41.1 Å². The summed E-state index contributed by atoms with van der Waals surface area (Å²) in [6.07, 6.45) is 0. The van der Waals surface area contributed by atoms with Crippen molar-refractivity contribution in [2.24, 2.45) is 0 Å². The molecule has 4 nitrogen and oxygen atoms in total. The first kappa shape index (κ1) is 15.4. The number of hydrogen-bond acceptors (Lipinski definition) is 5. The lowest BCUT2D eigenvalue weighted by molar-refractivity contribution is -0.118. The maximum absolute atomic E-state index is 11.9. The van der Waals surface area contributed by atoms with E-state index in [0.29, 0.717) is 0 Å². The lowest BCUT2D eigenvalue weighted by Crippen LogP contribution is -2.28. The van der Waals surface area contributed by atoms with Crippen LogP contribution in [0.25, 0.3) is 0 Å². The topological polar surface area (TPSA) is 62.1 Å². The summed E-state index contributed by atoms with van der Waals surface area (Å²) in [7, 11) is 1.61. The summed E-state index contributed by atoms with van der Waals surface area (Å²) in [6, 6.07) is 10.9. The van der Waals surface area contributed by atoms with Gasteiger partial charge in [0.2, 0.25) is 5.91 Å².